The van der Waals surface area contributed by atoms with Crippen LogP contribution in [-0.2, 0) is 18.3 Å². The molecular weight excluding hydrogens is 396 g/mol. The smallest absolute Gasteiger partial charge is 0.0425 e. The Morgan fingerprint density at radius 1 is 0.667 bits per heavy atom. The lowest BCUT2D eigenvalue weighted by molar-refractivity contribution is 0.627. The average Bonchev–Trinajstić information content (AvgIpc) is 2.89. The van der Waals surface area contributed by atoms with Crippen LogP contribution in [0.15, 0.2) is 97.1 Å². The van der Waals surface area contributed by atoms with Gasteiger partial charge >= 0.3 is 0 Å². The van der Waals surface area contributed by atoms with Crippen LogP contribution in [0.4, 0.5) is 0 Å². The Kier molecular flexibility index (Phi) is 6.44. The van der Waals surface area contributed by atoms with Gasteiger partial charge in [-0.2, -0.15) is 0 Å². The van der Waals surface area contributed by atoms with Gasteiger partial charge in [-0.25, -0.2) is 0 Å². The SMILES string of the molecule is CCCCCCCc1ccc(C2(c3ccccc3)C=Cc3c(ccc4ccccc34)C2)cc1. The summed E-state index contributed by atoms with van der Waals surface area (Å²) in [7, 11) is 0. The van der Waals surface area contributed by atoms with Crippen molar-refractivity contribution in [2.24, 2.45) is 0 Å². The summed E-state index contributed by atoms with van der Waals surface area (Å²) in [6.07, 6.45) is 13.7. The van der Waals surface area contributed by atoms with Crippen LogP contribution in [0.1, 0.15) is 66.8 Å². The highest BCUT2D eigenvalue weighted by atomic mass is 14.4. The van der Waals surface area contributed by atoms with Crippen LogP contribution < -0.4 is 0 Å². The molecule has 0 saturated carbocycles. The molecule has 0 saturated heterocycles. The highest BCUT2D eigenvalue weighted by Gasteiger charge is 2.35. The molecule has 1 aliphatic rings. The second-order valence-electron chi connectivity index (χ2n) is 9.57. The Morgan fingerprint density at radius 2 is 1.39 bits per heavy atom. The van der Waals surface area contributed by atoms with Crippen molar-refractivity contribution < 1.29 is 0 Å². The van der Waals surface area contributed by atoms with Gasteiger partial charge in [0.1, 0.15) is 0 Å². The van der Waals surface area contributed by atoms with Crippen LogP contribution in [0.2, 0.25) is 0 Å². The van der Waals surface area contributed by atoms with Crippen LogP contribution in [0, 0.1) is 0 Å². The minimum absolute atomic E-state index is 0.129. The summed E-state index contributed by atoms with van der Waals surface area (Å²) in [6, 6.07) is 33.9. The lowest BCUT2D eigenvalue weighted by Gasteiger charge is -2.36. The summed E-state index contributed by atoms with van der Waals surface area (Å²) in [6.45, 7) is 2.28. The first kappa shape index (κ1) is 21.7. The molecule has 5 rings (SSSR count). The van der Waals surface area contributed by atoms with Crippen molar-refractivity contribution in [2.75, 3.05) is 0 Å². The van der Waals surface area contributed by atoms with Crippen LogP contribution in [0.3, 0.4) is 0 Å². The third-order valence-corrected chi connectivity index (χ3v) is 7.39. The molecular formula is C33H34. The van der Waals surface area contributed by atoms with E-state index in [9.17, 15) is 0 Å². The lowest BCUT2D eigenvalue weighted by Crippen LogP contribution is -2.30. The average molecular weight is 431 g/mol. The predicted molar refractivity (Wildman–Crippen MR) is 143 cm³/mol. The largest absolute Gasteiger partial charge is 0.0686 e. The molecule has 0 bridgehead atoms. The minimum atomic E-state index is -0.129. The van der Waals surface area contributed by atoms with Gasteiger partial charge < -0.3 is 0 Å². The molecule has 0 N–H and O–H groups in total. The summed E-state index contributed by atoms with van der Waals surface area (Å²) in [4.78, 5) is 0. The molecule has 0 heteroatoms. The number of rotatable bonds is 8. The first-order valence-corrected chi connectivity index (χ1v) is 12.6. The Bertz CT molecular complexity index is 1230. The molecule has 1 atom stereocenters. The van der Waals surface area contributed by atoms with Crippen LogP contribution in [0.25, 0.3) is 16.8 Å². The first-order chi connectivity index (χ1) is 16.3. The van der Waals surface area contributed by atoms with Gasteiger partial charge in [-0.15, -0.1) is 0 Å². The second kappa shape index (κ2) is 9.79. The Hall–Kier alpha value is -3.12. The molecule has 1 unspecified atom stereocenters. The molecule has 0 nitrogen and oxygen atoms in total. The fourth-order valence-corrected chi connectivity index (χ4v) is 5.48. The van der Waals surface area contributed by atoms with Crippen LogP contribution in [0.5, 0.6) is 0 Å². The van der Waals surface area contributed by atoms with Gasteiger partial charge in [0.05, 0.1) is 0 Å². The van der Waals surface area contributed by atoms with Crippen molar-refractivity contribution >= 4 is 16.8 Å². The van der Waals surface area contributed by atoms with Gasteiger partial charge in [-0.3, -0.25) is 0 Å². The first-order valence-electron chi connectivity index (χ1n) is 12.6. The van der Waals surface area contributed by atoms with Crippen molar-refractivity contribution in [3.8, 4) is 0 Å². The van der Waals surface area contributed by atoms with E-state index in [1.807, 2.05) is 0 Å². The van der Waals surface area contributed by atoms with Crippen molar-refractivity contribution in [3.63, 3.8) is 0 Å². The van der Waals surface area contributed by atoms with E-state index < -0.39 is 0 Å². The normalized spacial score (nSPS) is 17.2. The van der Waals surface area contributed by atoms with Crippen LogP contribution >= 0.6 is 0 Å². The molecule has 0 heterocycles. The number of allylic oxidation sites excluding steroid dienone is 1. The summed E-state index contributed by atoms with van der Waals surface area (Å²) < 4.78 is 0. The molecule has 0 fully saturated rings. The summed E-state index contributed by atoms with van der Waals surface area (Å²) in [5.41, 5.74) is 6.90. The van der Waals surface area contributed by atoms with Gasteiger partial charge in [-0.1, -0.05) is 136 Å². The Morgan fingerprint density at radius 3 is 2.21 bits per heavy atom. The fourth-order valence-electron chi connectivity index (χ4n) is 5.48. The van der Waals surface area contributed by atoms with Crippen molar-refractivity contribution in [1.82, 2.24) is 0 Å². The standard InChI is InChI=1S/C33H34/c1-2-3-4-5-7-12-26-17-21-30(22-18-26)33(29-14-8-6-9-15-29)24-23-32-28(25-33)20-19-27-13-10-11-16-31(27)32/h6,8-11,13-24H,2-5,7,12,25H2,1H3. The zero-order chi connectivity index (χ0) is 22.5. The molecule has 1 aliphatic carbocycles. The third-order valence-electron chi connectivity index (χ3n) is 7.39. The molecule has 4 aromatic carbocycles. The number of unbranched alkanes of at least 4 members (excludes halogenated alkanes) is 4. The van der Waals surface area contributed by atoms with E-state index in [1.54, 1.807) is 0 Å². The van der Waals surface area contributed by atoms with E-state index in [1.165, 1.54) is 77.1 Å². The minimum Gasteiger partial charge on any atom is -0.0686 e. The molecule has 0 aliphatic heterocycles. The summed E-state index contributed by atoms with van der Waals surface area (Å²) in [5.74, 6) is 0. The molecule has 0 amide bonds. The topological polar surface area (TPSA) is 0 Å². The lowest BCUT2D eigenvalue weighted by atomic mass is 9.67. The van der Waals surface area contributed by atoms with E-state index in [-0.39, 0.29) is 5.41 Å². The van der Waals surface area contributed by atoms with E-state index in [0.717, 1.165) is 6.42 Å². The van der Waals surface area contributed by atoms with Gasteiger partial charge in [-0.05, 0) is 57.9 Å². The maximum absolute atomic E-state index is 2.46. The monoisotopic (exact) mass is 430 g/mol. The number of aryl methyl sites for hydroxylation is 1. The Balaban J connectivity index is 1.48. The molecule has 0 spiro atoms. The maximum Gasteiger partial charge on any atom is 0.0425 e. The van der Waals surface area contributed by atoms with Crippen molar-refractivity contribution in [3.05, 3.63) is 125 Å². The quantitative estimate of drug-likeness (QED) is 0.245. The maximum atomic E-state index is 2.46. The number of hydrogen-bond acceptors (Lipinski definition) is 0. The predicted octanol–water partition coefficient (Wildman–Crippen LogP) is 8.91. The number of benzene rings is 4. The van der Waals surface area contributed by atoms with E-state index in [2.05, 4.69) is 110 Å². The van der Waals surface area contributed by atoms with E-state index in [0.29, 0.717) is 0 Å². The molecule has 0 radical (unpaired) electrons. The number of fused-ring (bicyclic) bond motifs is 3. The van der Waals surface area contributed by atoms with Gasteiger partial charge in [0.25, 0.3) is 0 Å². The Labute approximate surface area is 199 Å². The second-order valence-corrected chi connectivity index (χ2v) is 9.57. The van der Waals surface area contributed by atoms with Crippen molar-refractivity contribution in [1.29, 1.82) is 0 Å². The van der Waals surface area contributed by atoms with Gasteiger partial charge in [0.2, 0.25) is 0 Å². The fraction of sp³-hybridized carbons (Fsp3) is 0.273. The summed E-state index contributed by atoms with van der Waals surface area (Å²) >= 11 is 0. The number of hydrogen-bond donors (Lipinski definition) is 0. The zero-order valence-corrected chi connectivity index (χ0v) is 19.8. The van der Waals surface area contributed by atoms with Crippen molar-refractivity contribution in [2.45, 2.75) is 57.3 Å². The van der Waals surface area contributed by atoms with Gasteiger partial charge in [0, 0.05) is 5.41 Å². The highest BCUT2D eigenvalue weighted by Crippen LogP contribution is 2.43. The van der Waals surface area contributed by atoms with E-state index >= 15 is 0 Å². The molecule has 0 aromatic heterocycles. The molecule has 166 valence electrons. The summed E-state index contributed by atoms with van der Waals surface area (Å²) in [5, 5.41) is 2.67. The zero-order valence-electron chi connectivity index (χ0n) is 19.8. The molecule has 4 aromatic rings. The highest BCUT2D eigenvalue weighted by molar-refractivity contribution is 5.93. The van der Waals surface area contributed by atoms with E-state index in [4.69, 9.17) is 0 Å². The molecule has 33 heavy (non-hydrogen) atoms. The van der Waals surface area contributed by atoms with Crippen LogP contribution in [-0.4, -0.2) is 0 Å². The van der Waals surface area contributed by atoms with Gasteiger partial charge in [0.15, 0.2) is 0 Å². The third kappa shape index (κ3) is 4.40.